The maximum Gasteiger partial charge on any atom is 0.295 e. The van der Waals surface area contributed by atoms with E-state index in [0.29, 0.717) is 48.1 Å². The van der Waals surface area contributed by atoms with E-state index in [4.69, 9.17) is 14.2 Å². The number of carbonyl (C=O) groups is 2. The fraction of sp³-hybridized carbons (Fsp3) is 0.515. The molecule has 1 amide bonds. The summed E-state index contributed by atoms with van der Waals surface area (Å²) in [6, 6.07) is 10.1. The third kappa shape index (κ3) is 6.70. The van der Waals surface area contributed by atoms with Crippen LogP contribution in [0.1, 0.15) is 70.2 Å². The number of ether oxygens (including phenoxy) is 3. The number of methoxy groups -OCH3 is 1. The van der Waals surface area contributed by atoms with E-state index in [2.05, 4.69) is 32.6 Å². The second-order valence-corrected chi connectivity index (χ2v) is 11.3. The molecule has 4 rings (SSSR count). The van der Waals surface area contributed by atoms with Crippen LogP contribution in [0.15, 0.2) is 42.0 Å². The predicted octanol–water partition coefficient (Wildman–Crippen LogP) is 5.60. The summed E-state index contributed by atoms with van der Waals surface area (Å²) in [4.78, 5) is 30.9. The first-order valence-electron chi connectivity index (χ1n) is 14.8. The highest BCUT2D eigenvalue weighted by molar-refractivity contribution is 6.46. The summed E-state index contributed by atoms with van der Waals surface area (Å²) in [7, 11) is 1.57. The van der Waals surface area contributed by atoms with Crippen molar-refractivity contribution in [3.05, 3.63) is 58.7 Å². The topological polar surface area (TPSA) is 88.5 Å². The van der Waals surface area contributed by atoms with Gasteiger partial charge >= 0.3 is 0 Å². The number of fused-ring (bicyclic) bond motifs is 1. The maximum absolute atomic E-state index is 13.5. The van der Waals surface area contributed by atoms with Crippen molar-refractivity contribution in [3.8, 4) is 17.2 Å². The molecule has 8 nitrogen and oxygen atoms in total. The second-order valence-electron chi connectivity index (χ2n) is 11.3. The number of aliphatic hydroxyl groups excluding tert-OH is 1. The smallest absolute Gasteiger partial charge is 0.295 e. The lowest BCUT2D eigenvalue weighted by molar-refractivity contribution is -0.140. The molecular formula is C33H44N2O6. The van der Waals surface area contributed by atoms with E-state index in [0.717, 1.165) is 43.8 Å². The van der Waals surface area contributed by atoms with Gasteiger partial charge in [-0.1, -0.05) is 33.8 Å². The van der Waals surface area contributed by atoms with E-state index >= 15 is 0 Å². The van der Waals surface area contributed by atoms with E-state index in [1.807, 2.05) is 37.3 Å². The Labute approximate surface area is 243 Å². The Morgan fingerprint density at radius 3 is 2.56 bits per heavy atom. The number of Topliss-reactive ketones (excluding diaryl/α,β-unsaturated/α-hetero) is 1. The van der Waals surface area contributed by atoms with Gasteiger partial charge in [-0.15, -0.1) is 0 Å². The summed E-state index contributed by atoms with van der Waals surface area (Å²) in [6.45, 7) is 14.0. The molecule has 2 atom stereocenters. The van der Waals surface area contributed by atoms with Crippen LogP contribution in [-0.4, -0.2) is 72.6 Å². The number of likely N-dealkylation sites (tertiary alicyclic amines) is 1. The normalized spacial score (nSPS) is 19.7. The molecule has 2 aliphatic heterocycles. The van der Waals surface area contributed by atoms with Crippen LogP contribution in [-0.2, 0) is 16.0 Å². The molecule has 8 heteroatoms. The highest BCUT2D eigenvalue weighted by Crippen LogP contribution is 2.43. The minimum atomic E-state index is -0.756. The van der Waals surface area contributed by atoms with Crippen LogP contribution < -0.4 is 14.2 Å². The van der Waals surface area contributed by atoms with E-state index in [-0.39, 0.29) is 17.4 Å². The number of carbonyl (C=O) groups excluding carboxylic acids is 2. The first-order valence-corrected chi connectivity index (χ1v) is 14.8. The number of rotatable bonds is 13. The number of nitrogens with zero attached hydrogens (tertiary/aromatic N) is 2. The van der Waals surface area contributed by atoms with E-state index in [1.54, 1.807) is 18.1 Å². The van der Waals surface area contributed by atoms with Crippen molar-refractivity contribution in [2.24, 2.45) is 5.92 Å². The van der Waals surface area contributed by atoms with E-state index < -0.39 is 17.7 Å². The Bertz CT molecular complexity index is 1280. The average Bonchev–Trinajstić information content (AvgIpc) is 3.45. The number of aliphatic hydroxyl groups is 1. The van der Waals surface area contributed by atoms with Crippen LogP contribution in [0.5, 0.6) is 17.2 Å². The lowest BCUT2D eigenvalue weighted by Crippen LogP contribution is -2.33. The zero-order chi connectivity index (χ0) is 29.7. The van der Waals surface area contributed by atoms with Crippen molar-refractivity contribution >= 4 is 17.4 Å². The van der Waals surface area contributed by atoms with Gasteiger partial charge in [0.15, 0.2) is 11.5 Å². The van der Waals surface area contributed by atoms with Crippen molar-refractivity contribution in [1.82, 2.24) is 9.80 Å². The van der Waals surface area contributed by atoms with Crippen LogP contribution in [0.4, 0.5) is 0 Å². The summed E-state index contributed by atoms with van der Waals surface area (Å²) < 4.78 is 17.5. The van der Waals surface area contributed by atoms with Gasteiger partial charge in [-0.25, -0.2) is 0 Å². The summed E-state index contributed by atoms with van der Waals surface area (Å²) in [5.41, 5.74) is 2.23. The Balaban J connectivity index is 1.74. The Morgan fingerprint density at radius 2 is 1.88 bits per heavy atom. The van der Waals surface area contributed by atoms with Gasteiger partial charge in [-0.2, -0.15) is 0 Å². The molecule has 2 aliphatic rings. The third-order valence-electron chi connectivity index (χ3n) is 7.93. The Kier molecular flexibility index (Phi) is 9.97. The van der Waals surface area contributed by atoms with Crippen molar-refractivity contribution in [1.29, 1.82) is 0 Å². The molecule has 1 saturated heterocycles. The average molecular weight is 565 g/mol. The largest absolute Gasteiger partial charge is 0.507 e. The van der Waals surface area contributed by atoms with Crippen molar-refractivity contribution in [2.75, 3.05) is 39.9 Å². The number of hydrogen-bond donors (Lipinski definition) is 1. The molecule has 2 aromatic rings. The van der Waals surface area contributed by atoms with E-state index in [1.165, 1.54) is 0 Å². The number of benzene rings is 2. The zero-order valence-electron chi connectivity index (χ0n) is 25.2. The highest BCUT2D eigenvalue weighted by Gasteiger charge is 2.46. The lowest BCUT2D eigenvalue weighted by Gasteiger charge is -2.27. The summed E-state index contributed by atoms with van der Waals surface area (Å²) in [5.74, 6) is 0.928. The monoisotopic (exact) mass is 564 g/mol. The van der Waals surface area contributed by atoms with Gasteiger partial charge in [-0.3, -0.25) is 9.59 Å². The molecule has 0 spiro atoms. The number of hydrogen-bond acceptors (Lipinski definition) is 7. The van der Waals surface area contributed by atoms with Crippen LogP contribution in [0.25, 0.3) is 5.76 Å². The van der Waals surface area contributed by atoms with Gasteiger partial charge in [0.1, 0.15) is 17.6 Å². The molecule has 222 valence electrons. The molecule has 0 aromatic heterocycles. The van der Waals surface area contributed by atoms with Crippen molar-refractivity contribution < 1.29 is 28.9 Å². The molecule has 2 unspecified atom stereocenters. The molecule has 0 radical (unpaired) electrons. The molecule has 0 saturated carbocycles. The third-order valence-corrected chi connectivity index (χ3v) is 7.93. The van der Waals surface area contributed by atoms with Crippen LogP contribution >= 0.6 is 0 Å². The van der Waals surface area contributed by atoms with Crippen LogP contribution in [0.3, 0.4) is 0 Å². The number of ketones is 1. The maximum atomic E-state index is 13.5. The fourth-order valence-corrected chi connectivity index (χ4v) is 5.56. The summed E-state index contributed by atoms with van der Waals surface area (Å²) in [6.07, 6.45) is 2.37. The second kappa shape index (κ2) is 13.4. The minimum absolute atomic E-state index is 0.0486. The first kappa shape index (κ1) is 30.4. The van der Waals surface area contributed by atoms with Gasteiger partial charge < -0.3 is 29.1 Å². The fourth-order valence-electron chi connectivity index (χ4n) is 5.56. The van der Waals surface area contributed by atoms with Gasteiger partial charge in [0.05, 0.1) is 25.3 Å². The molecule has 1 fully saturated rings. The lowest BCUT2D eigenvalue weighted by atomic mass is 9.94. The first-order chi connectivity index (χ1) is 19.7. The summed E-state index contributed by atoms with van der Waals surface area (Å²) in [5, 5.41) is 11.6. The van der Waals surface area contributed by atoms with Crippen molar-refractivity contribution in [2.45, 2.75) is 66.0 Å². The zero-order valence-corrected chi connectivity index (χ0v) is 25.2. The van der Waals surface area contributed by atoms with Crippen molar-refractivity contribution in [3.63, 3.8) is 0 Å². The Hall–Kier alpha value is -3.52. The molecule has 2 aromatic carbocycles. The quantitative estimate of drug-likeness (QED) is 0.193. The predicted molar refractivity (Wildman–Crippen MR) is 160 cm³/mol. The van der Waals surface area contributed by atoms with Gasteiger partial charge in [0.2, 0.25) is 0 Å². The van der Waals surface area contributed by atoms with Crippen LogP contribution in [0.2, 0.25) is 0 Å². The Morgan fingerprint density at radius 1 is 1.12 bits per heavy atom. The van der Waals surface area contributed by atoms with Crippen LogP contribution in [0, 0.1) is 5.92 Å². The molecule has 0 aliphatic carbocycles. The number of amides is 1. The molecule has 2 heterocycles. The van der Waals surface area contributed by atoms with Gasteiger partial charge in [-0.05, 0) is 86.8 Å². The minimum Gasteiger partial charge on any atom is -0.507 e. The molecule has 41 heavy (non-hydrogen) atoms. The molecule has 1 N–H and O–H groups in total. The summed E-state index contributed by atoms with van der Waals surface area (Å²) >= 11 is 0. The van der Waals surface area contributed by atoms with Gasteiger partial charge in [0.25, 0.3) is 11.7 Å². The highest BCUT2D eigenvalue weighted by atomic mass is 16.5. The van der Waals surface area contributed by atoms with Gasteiger partial charge in [0, 0.05) is 18.5 Å². The molecular weight excluding hydrogens is 520 g/mol. The standard InChI is InChI=1S/C33H44N2O6/c1-7-34(8-2)15-9-16-35-30(23-10-13-27(28(20-23)39-6)40-17-14-21(3)4)29(32(37)33(35)38)31(36)24-11-12-26-25(19-24)18-22(5)41-26/h10-13,19-22,30,36H,7-9,14-18H2,1-6H3/b31-29-. The SMILES string of the molecule is CCN(CC)CCCN1C(=O)C(=O)/C(=C(\O)c2ccc3c(c2)CC(C)O3)C1c1ccc(OCCC(C)C)c(OC)c1. The molecule has 0 bridgehead atoms. The van der Waals surface area contributed by atoms with E-state index in [9.17, 15) is 14.7 Å².